The van der Waals surface area contributed by atoms with E-state index in [-0.39, 0.29) is 64.5 Å². The summed E-state index contributed by atoms with van der Waals surface area (Å²) in [5.74, 6) is -0.879. The quantitative estimate of drug-likeness (QED) is 0.553. The number of nitrogens with two attached hydrogens (primary N) is 2. The zero-order chi connectivity index (χ0) is 22.0. The van der Waals surface area contributed by atoms with Crippen LogP contribution in [-0.2, 0) is 17.6 Å². The lowest BCUT2D eigenvalue weighted by molar-refractivity contribution is -0.122. The highest BCUT2D eigenvalue weighted by atomic mass is 35.5. The van der Waals surface area contributed by atoms with E-state index in [1.165, 1.54) is 18.2 Å². The summed E-state index contributed by atoms with van der Waals surface area (Å²) in [5, 5.41) is 0. The number of amides is 1. The summed E-state index contributed by atoms with van der Waals surface area (Å²) in [6, 6.07) is 12.7. The van der Waals surface area contributed by atoms with Crippen molar-refractivity contribution in [1.82, 2.24) is 9.80 Å². The van der Waals surface area contributed by atoms with Crippen molar-refractivity contribution in [2.24, 2.45) is 11.5 Å². The Balaban J connectivity index is -0.000000228. The molecule has 0 aliphatic rings. The van der Waals surface area contributed by atoms with Gasteiger partial charge in [-0.2, -0.15) is 27.0 Å². The van der Waals surface area contributed by atoms with Gasteiger partial charge in [0.15, 0.2) is 0 Å². The fraction of sp³-hybridized carbons (Fsp3) is 0.435. The van der Waals surface area contributed by atoms with Crippen LogP contribution in [0, 0.1) is 11.6 Å². The highest BCUT2D eigenvalue weighted by Gasteiger charge is 2.18. The lowest BCUT2D eigenvalue weighted by Gasteiger charge is -2.22. The second kappa shape index (κ2) is 20.1. The largest absolute Gasteiger partial charge is 0.368 e. The molecule has 4 N–H and O–H groups in total. The Morgan fingerprint density at radius 1 is 0.879 bits per heavy atom. The Bertz CT molecular complexity index is 786. The predicted molar refractivity (Wildman–Crippen MR) is 148 cm³/mol. The van der Waals surface area contributed by atoms with Crippen molar-refractivity contribution >= 4 is 45.3 Å². The van der Waals surface area contributed by atoms with Crippen LogP contribution in [0.15, 0.2) is 48.5 Å². The molecule has 10 heteroatoms. The molecule has 2 aromatic rings. The normalized spacial score (nSPS) is 11.4. The Morgan fingerprint density at radius 2 is 1.30 bits per heavy atom. The standard InChI is InChI=1S/C11H15FN2O.C11H17FN2.CH4.ClH.2H2S/c1-14(2)10(11(13)15)7-8-4-3-5-9(12)6-8;1-14(2)11(8-13)7-9-4-3-5-10(12)6-9;;;;/h3-6,10H,7H2,1-2H3,(H2,13,15);3-6,11H,7-8,13H2,1-2H3;1H4;1H;2*1H2/t10-;11-;;;;/m00..../s1. The van der Waals surface area contributed by atoms with Crippen LogP contribution in [0.4, 0.5) is 8.78 Å². The monoisotopic (exact) mass is 526 g/mol. The van der Waals surface area contributed by atoms with E-state index in [0.29, 0.717) is 13.0 Å². The van der Waals surface area contributed by atoms with Crippen LogP contribution in [0.3, 0.4) is 0 Å². The lowest BCUT2D eigenvalue weighted by Crippen LogP contribution is -2.41. The summed E-state index contributed by atoms with van der Waals surface area (Å²) in [5.41, 5.74) is 12.6. The number of carbonyl (C=O) groups excluding carboxylic acids is 1. The van der Waals surface area contributed by atoms with Crippen molar-refractivity contribution in [2.45, 2.75) is 32.4 Å². The third-order valence-corrected chi connectivity index (χ3v) is 4.63. The Kier molecular flexibility index (Phi) is 23.6. The molecule has 2 aromatic carbocycles. The zero-order valence-corrected chi connectivity index (χ0v) is 21.8. The molecule has 0 bridgehead atoms. The van der Waals surface area contributed by atoms with E-state index in [9.17, 15) is 13.6 Å². The zero-order valence-electron chi connectivity index (χ0n) is 19.0. The molecule has 0 spiro atoms. The molecule has 0 aromatic heterocycles. The maximum absolute atomic E-state index is 12.9. The van der Waals surface area contributed by atoms with Crippen molar-refractivity contribution in [1.29, 1.82) is 0 Å². The highest BCUT2D eigenvalue weighted by molar-refractivity contribution is 7.59. The van der Waals surface area contributed by atoms with Crippen molar-refractivity contribution in [3.63, 3.8) is 0 Å². The van der Waals surface area contributed by atoms with Gasteiger partial charge >= 0.3 is 0 Å². The summed E-state index contributed by atoms with van der Waals surface area (Å²) in [6.07, 6.45) is 1.22. The first kappa shape index (κ1) is 38.9. The molecule has 192 valence electrons. The number of carbonyl (C=O) groups is 1. The summed E-state index contributed by atoms with van der Waals surface area (Å²) in [4.78, 5) is 14.9. The van der Waals surface area contributed by atoms with Crippen LogP contribution >= 0.6 is 39.4 Å². The van der Waals surface area contributed by atoms with Gasteiger partial charge in [-0.1, -0.05) is 31.7 Å². The molecule has 0 heterocycles. The van der Waals surface area contributed by atoms with E-state index in [4.69, 9.17) is 11.5 Å². The van der Waals surface area contributed by atoms with Gasteiger partial charge in [0.1, 0.15) is 11.6 Å². The molecular formula is C23H41ClF2N4OS2. The molecule has 1 amide bonds. The molecule has 0 saturated heterocycles. The smallest absolute Gasteiger partial charge is 0.235 e. The van der Waals surface area contributed by atoms with E-state index in [2.05, 4.69) is 4.90 Å². The first-order valence-electron chi connectivity index (χ1n) is 9.45. The van der Waals surface area contributed by atoms with Crippen molar-refractivity contribution in [3.8, 4) is 0 Å². The topological polar surface area (TPSA) is 75.6 Å². The third-order valence-electron chi connectivity index (χ3n) is 4.63. The van der Waals surface area contributed by atoms with Gasteiger partial charge in [-0.25, -0.2) is 8.78 Å². The molecule has 0 aliphatic heterocycles. The summed E-state index contributed by atoms with van der Waals surface area (Å²) >= 11 is 0. The number of rotatable bonds is 8. The number of hydrogen-bond donors (Lipinski definition) is 2. The van der Waals surface area contributed by atoms with Crippen LogP contribution in [0.1, 0.15) is 18.6 Å². The summed E-state index contributed by atoms with van der Waals surface area (Å²) < 4.78 is 25.8. The average Bonchev–Trinajstić information content (AvgIpc) is 2.64. The van der Waals surface area contributed by atoms with Crippen LogP contribution < -0.4 is 11.5 Å². The van der Waals surface area contributed by atoms with Crippen molar-refractivity contribution in [2.75, 3.05) is 34.7 Å². The molecule has 33 heavy (non-hydrogen) atoms. The molecule has 0 unspecified atom stereocenters. The fourth-order valence-corrected chi connectivity index (χ4v) is 2.84. The third kappa shape index (κ3) is 15.2. The fourth-order valence-electron chi connectivity index (χ4n) is 2.84. The summed E-state index contributed by atoms with van der Waals surface area (Å²) in [7, 11) is 7.51. The van der Waals surface area contributed by atoms with E-state index >= 15 is 0 Å². The molecule has 0 saturated carbocycles. The van der Waals surface area contributed by atoms with Gasteiger partial charge in [0.05, 0.1) is 6.04 Å². The number of nitrogens with zero attached hydrogens (tertiary/aromatic N) is 2. The minimum absolute atomic E-state index is 0. The van der Waals surface area contributed by atoms with Crippen LogP contribution in [0.25, 0.3) is 0 Å². The SMILES string of the molecule is C.CN(C)[C@@H](Cc1cccc(F)c1)C(N)=O.CN(C)[C@H](CN)Cc1cccc(F)c1.Cl.S.S. The number of benzene rings is 2. The molecule has 2 rings (SSSR count). The average molecular weight is 527 g/mol. The molecule has 5 nitrogen and oxygen atoms in total. The number of hydrogen-bond acceptors (Lipinski definition) is 4. The Morgan fingerprint density at radius 3 is 1.61 bits per heavy atom. The minimum atomic E-state index is -0.399. The van der Waals surface area contributed by atoms with Gasteiger partial charge in [0.2, 0.25) is 5.91 Å². The van der Waals surface area contributed by atoms with E-state index < -0.39 is 11.9 Å². The number of likely N-dealkylation sites (N-methyl/N-ethyl adjacent to an activating group) is 2. The van der Waals surface area contributed by atoms with Gasteiger partial charge in [0.25, 0.3) is 0 Å². The molecular weight excluding hydrogens is 486 g/mol. The van der Waals surface area contributed by atoms with E-state index in [0.717, 1.165) is 17.5 Å². The number of halogens is 3. The summed E-state index contributed by atoms with van der Waals surface area (Å²) in [6.45, 7) is 0.587. The number of primary amides is 1. The van der Waals surface area contributed by atoms with E-state index in [1.807, 2.05) is 20.2 Å². The van der Waals surface area contributed by atoms with E-state index in [1.54, 1.807) is 43.3 Å². The van der Waals surface area contributed by atoms with Crippen LogP contribution in [0.2, 0.25) is 0 Å². The van der Waals surface area contributed by atoms with Gasteiger partial charge in [-0.05, 0) is 76.4 Å². The maximum Gasteiger partial charge on any atom is 0.235 e. The predicted octanol–water partition coefficient (Wildman–Crippen LogP) is 3.32. The lowest BCUT2D eigenvalue weighted by atomic mass is 10.0. The van der Waals surface area contributed by atoms with Crippen molar-refractivity contribution < 1.29 is 13.6 Å². The molecule has 0 aliphatic carbocycles. The first-order chi connectivity index (χ1) is 13.6. The molecule has 2 atom stereocenters. The minimum Gasteiger partial charge on any atom is -0.368 e. The van der Waals surface area contributed by atoms with Crippen LogP contribution in [0.5, 0.6) is 0 Å². The Hall–Kier alpha value is -1.36. The second-order valence-electron chi connectivity index (χ2n) is 7.40. The molecule has 0 radical (unpaired) electrons. The Labute approximate surface area is 218 Å². The van der Waals surface area contributed by atoms with Gasteiger partial charge in [-0.15, -0.1) is 12.4 Å². The second-order valence-corrected chi connectivity index (χ2v) is 7.40. The maximum atomic E-state index is 12.9. The van der Waals surface area contributed by atoms with Gasteiger partial charge in [0, 0.05) is 12.6 Å². The van der Waals surface area contributed by atoms with Crippen molar-refractivity contribution in [3.05, 3.63) is 71.3 Å². The molecule has 0 fully saturated rings. The van der Waals surface area contributed by atoms with Gasteiger partial charge < -0.3 is 16.4 Å². The van der Waals surface area contributed by atoms with Gasteiger partial charge in [-0.3, -0.25) is 9.69 Å². The first-order valence-corrected chi connectivity index (χ1v) is 9.45. The highest BCUT2D eigenvalue weighted by Crippen LogP contribution is 2.09. The van der Waals surface area contributed by atoms with Crippen LogP contribution in [-0.4, -0.2) is 62.5 Å².